The molecule has 0 amide bonds. The molecule has 0 saturated heterocycles. The fourth-order valence-corrected chi connectivity index (χ4v) is 3.36. The number of aryl methyl sites for hydroxylation is 1. The van der Waals surface area contributed by atoms with Gasteiger partial charge in [0.1, 0.15) is 5.82 Å². The fourth-order valence-electron chi connectivity index (χ4n) is 3.36. The van der Waals surface area contributed by atoms with Gasteiger partial charge in [0.25, 0.3) is 0 Å². The summed E-state index contributed by atoms with van der Waals surface area (Å²) in [5, 5.41) is 3.27. The van der Waals surface area contributed by atoms with E-state index >= 15 is 0 Å². The third-order valence-electron chi connectivity index (χ3n) is 5.48. The van der Waals surface area contributed by atoms with E-state index in [2.05, 4.69) is 28.6 Å². The van der Waals surface area contributed by atoms with Crippen LogP contribution in [-0.4, -0.2) is 10.8 Å². The van der Waals surface area contributed by atoms with E-state index in [1.807, 2.05) is 31.3 Å². The van der Waals surface area contributed by atoms with Crippen LogP contribution in [0.5, 0.6) is 0 Å². The molecule has 1 aromatic heterocycles. The van der Waals surface area contributed by atoms with Crippen molar-refractivity contribution in [2.75, 3.05) is 5.32 Å². The topological polar surface area (TPSA) is 42.0 Å². The molecule has 2 saturated carbocycles. The summed E-state index contributed by atoms with van der Waals surface area (Å²) in [6.07, 6.45) is 11.0. The maximum Gasteiger partial charge on any atom is 0.166 e. The Morgan fingerprint density at radius 3 is 2.48 bits per heavy atom. The maximum atomic E-state index is 12.5. The van der Waals surface area contributed by atoms with Gasteiger partial charge < -0.3 is 5.32 Å². The molecule has 2 aliphatic carbocycles. The fraction of sp³-hybridized carbons (Fsp3) is 0.364. The number of Topliss-reactive ketones (excluding diaryl/α,β-unsaturated/α-hetero) is 1. The summed E-state index contributed by atoms with van der Waals surface area (Å²) in [6.45, 7) is 2.03. The first-order chi connectivity index (χ1) is 12.2. The molecule has 1 aromatic carbocycles. The Balaban J connectivity index is 1.49. The van der Waals surface area contributed by atoms with Gasteiger partial charge in [-0.3, -0.25) is 4.79 Å². The SMILES string of the molecule is Cc1cc(-c2ccc(NC=C3CCC3)nc2)ccc1C(=O)C1CCC1. The van der Waals surface area contributed by atoms with Crippen LogP contribution in [0.4, 0.5) is 5.82 Å². The highest BCUT2D eigenvalue weighted by atomic mass is 16.1. The maximum absolute atomic E-state index is 12.5. The molecule has 25 heavy (non-hydrogen) atoms. The van der Waals surface area contributed by atoms with Gasteiger partial charge in [0, 0.05) is 29.4 Å². The van der Waals surface area contributed by atoms with Crippen LogP contribution < -0.4 is 5.32 Å². The number of aromatic nitrogens is 1. The van der Waals surface area contributed by atoms with Gasteiger partial charge in [0.15, 0.2) is 5.78 Å². The minimum atomic E-state index is 0.251. The molecule has 3 heteroatoms. The predicted molar refractivity (Wildman–Crippen MR) is 102 cm³/mol. The van der Waals surface area contributed by atoms with Gasteiger partial charge in [0.05, 0.1) is 0 Å². The van der Waals surface area contributed by atoms with Crippen molar-refractivity contribution in [3.8, 4) is 11.1 Å². The molecule has 0 atom stereocenters. The Hall–Kier alpha value is -2.42. The van der Waals surface area contributed by atoms with E-state index in [1.165, 1.54) is 31.3 Å². The smallest absolute Gasteiger partial charge is 0.166 e. The average molecular weight is 332 g/mol. The number of anilines is 1. The summed E-state index contributed by atoms with van der Waals surface area (Å²) in [7, 11) is 0. The van der Waals surface area contributed by atoms with Gasteiger partial charge in [-0.15, -0.1) is 0 Å². The Kier molecular flexibility index (Phi) is 4.39. The zero-order valence-corrected chi connectivity index (χ0v) is 14.7. The van der Waals surface area contributed by atoms with Gasteiger partial charge in [-0.1, -0.05) is 30.2 Å². The molecule has 4 rings (SSSR count). The molecule has 128 valence electrons. The van der Waals surface area contributed by atoms with Crippen molar-refractivity contribution in [1.29, 1.82) is 0 Å². The normalized spacial score (nSPS) is 16.8. The minimum absolute atomic E-state index is 0.251. The second-order valence-corrected chi connectivity index (χ2v) is 7.25. The number of pyridine rings is 1. The first-order valence-electron chi connectivity index (χ1n) is 9.26. The third-order valence-corrected chi connectivity index (χ3v) is 5.48. The van der Waals surface area contributed by atoms with Crippen LogP contribution in [0, 0.1) is 12.8 Å². The minimum Gasteiger partial charge on any atom is -0.347 e. The Labute approximate surface area is 149 Å². The Morgan fingerprint density at radius 1 is 1.12 bits per heavy atom. The van der Waals surface area contributed by atoms with E-state index in [-0.39, 0.29) is 5.92 Å². The lowest BCUT2D eigenvalue weighted by Crippen LogP contribution is -2.22. The first kappa shape index (κ1) is 16.1. The number of allylic oxidation sites excluding steroid dienone is 1. The molecular formula is C22H24N2O. The number of hydrogen-bond donors (Lipinski definition) is 1. The van der Waals surface area contributed by atoms with Gasteiger partial charge in [-0.2, -0.15) is 0 Å². The van der Waals surface area contributed by atoms with E-state index in [4.69, 9.17) is 0 Å². The van der Waals surface area contributed by atoms with E-state index in [0.717, 1.165) is 40.9 Å². The number of ketones is 1. The highest BCUT2D eigenvalue weighted by Crippen LogP contribution is 2.32. The quantitative estimate of drug-likeness (QED) is 0.733. The number of nitrogens with zero attached hydrogens (tertiary/aromatic N) is 1. The summed E-state index contributed by atoms with van der Waals surface area (Å²) >= 11 is 0. The second kappa shape index (κ2) is 6.83. The molecule has 2 aromatic rings. The number of nitrogens with one attached hydrogen (secondary N) is 1. The highest BCUT2D eigenvalue weighted by molar-refractivity contribution is 6.00. The molecular weight excluding hydrogens is 308 g/mol. The van der Waals surface area contributed by atoms with Crippen LogP contribution in [0.25, 0.3) is 11.1 Å². The van der Waals surface area contributed by atoms with Crippen molar-refractivity contribution in [2.45, 2.75) is 45.4 Å². The molecule has 2 aliphatic rings. The van der Waals surface area contributed by atoms with Crippen LogP contribution in [0.15, 0.2) is 48.3 Å². The molecule has 2 fully saturated rings. The molecule has 1 heterocycles. The van der Waals surface area contributed by atoms with E-state index in [9.17, 15) is 4.79 Å². The number of hydrogen-bond acceptors (Lipinski definition) is 3. The van der Waals surface area contributed by atoms with Crippen LogP contribution >= 0.6 is 0 Å². The molecule has 1 N–H and O–H groups in total. The largest absolute Gasteiger partial charge is 0.347 e. The molecule has 0 bridgehead atoms. The monoisotopic (exact) mass is 332 g/mol. The van der Waals surface area contributed by atoms with Crippen molar-refractivity contribution in [1.82, 2.24) is 4.98 Å². The predicted octanol–water partition coefficient (Wildman–Crippen LogP) is 5.52. The molecule has 3 nitrogen and oxygen atoms in total. The summed E-state index contributed by atoms with van der Waals surface area (Å²) in [5.41, 5.74) is 5.60. The van der Waals surface area contributed by atoms with E-state index in [1.54, 1.807) is 0 Å². The van der Waals surface area contributed by atoms with E-state index in [0.29, 0.717) is 5.78 Å². The first-order valence-corrected chi connectivity index (χ1v) is 9.26. The lowest BCUT2D eigenvalue weighted by atomic mass is 9.79. The zero-order chi connectivity index (χ0) is 17.2. The van der Waals surface area contributed by atoms with Crippen molar-refractivity contribution in [3.05, 3.63) is 59.4 Å². The number of carbonyl (C=O) groups is 1. The molecule has 0 unspecified atom stereocenters. The van der Waals surface area contributed by atoms with Crippen molar-refractivity contribution < 1.29 is 4.79 Å². The van der Waals surface area contributed by atoms with Crippen molar-refractivity contribution in [3.63, 3.8) is 0 Å². The van der Waals surface area contributed by atoms with Gasteiger partial charge in [-0.05, 0) is 62.3 Å². The zero-order valence-electron chi connectivity index (χ0n) is 14.7. The Morgan fingerprint density at radius 2 is 1.92 bits per heavy atom. The highest BCUT2D eigenvalue weighted by Gasteiger charge is 2.27. The molecule has 0 spiro atoms. The summed E-state index contributed by atoms with van der Waals surface area (Å²) < 4.78 is 0. The van der Waals surface area contributed by atoms with Gasteiger partial charge in [0.2, 0.25) is 0 Å². The van der Waals surface area contributed by atoms with Gasteiger partial charge >= 0.3 is 0 Å². The van der Waals surface area contributed by atoms with E-state index < -0.39 is 0 Å². The van der Waals surface area contributed by atoms with Crippen LogP contribution in [0.3, 0.4) is 0 Å². The van der Waals surface area contributed by atoms with Crippen LogP contribution in [0.2, 0.25) is 0 Å². The lowest BCUT2D eigenvalue weighted by molar-refractivity contribution is 0.0854. The number of benzene rings is 1. The summed E-state index contributed by atoms with van der Waals surface area (Å²) in [5.74, 6) is 1.44. The summed E-state index contributed by atoms with van der Waals surface area (Å²) in [6, 6.07) is 10.2. The Bertz CT molecular complexity index is 810. The van der Waals surface area contributed by atoms with Crippen molar-refractivity contribution >= 4 is 11.6 Å². The average Bonchev–Trinajstić information content (AvgIpc) is 2.52. The standard InChI is InChI=1S/C22H24N2O/c1-15-12-18(8-10-20(15)22(25)17-6-3-7-17)19-9-11-21(24-14-19)23-13-16-4-2-5-16/h8-14,17H,2-7H2,1H3,(H,23,24). The third kappa shape index (κ3) is 3.37. The van der Waals surface area contributed by atoms with Gasteiger partial charge in [-0.25, -0.2) is 4.98 Å². The lowest BCUT2D eigenvalue weighted by Gasteiger charge is -2.24. The summed E-state index contributed by atoms with van der Waals surface area (Å²) in [4.78, 5) is 17.0. The number of rotatable bonds is 5. The second-order valence-electron chi connectivity index (χ2n) is 7.25. The number of carbonyl (C=O) groups excluding carboxylic acids is 1. The van der Waals surface area contributed by atoms with Crippen LogP contribution in [0.1, 0.15) is 54.4 Å². The van der Waals surface area contributed by atoms with Crippen molar-refractivity contribution in [2.24, 2.45) is 5.92 Å². The van der Waals surface area contributed by atoms with Crippen LogP contribution in [-0.2, 0) is 0 Å². The molecule has 0 aliphatic heterocycles. The molecule has 0 radical (unpaired) electrons.